The van der Waals surface area contributed by atoms with Crippen LogP contribution in [-0.4, -0.2) is 20.9 Å². The molecule has 0 bridgehead atoms. The van der Waals surface area contributed by atoms with Crippen LogP contribution in [0.5, 0.6) is 0 Å². The van der Waals surface area contributed by atoms with Gasteiger partial charge in [-0.3, -0.25) is 14.7 Å². The van der Waals surface area contributed by atoms with Gasteiger partial charge in [0.15, 0.2) is 0 Å². The summed E-state index contributed by atoms with van der Waals surface area (Å²) in [7, 11) is 0. The average molecular weight is 345 g/mol. The topological polar surface area (TPSA) is 67.2 Å². The lowest BCUT2D eigenvalue weighted by Gasteiger charge is -2.15. The Bertz CT molecular complexity index is 994. The van der Waals surface area contributed by atoms with Gasteiger partial charge in [0, 0.05) is 23.9 Å². The largest absolute Gasteiger partial charge is 0.289 e. The van der Waals surface area contributed by atoms with E-state index in [1.807, 2.05) is 54.7 Å². The van der Waals surface area contributed by atoms with Crippen LogP contribution in [0.25, 0.3) is 10.9 Å². The number of nitrogens with one attached hydrogen (secondary N) is 1. The van der Waals surface area contributed by atoms with E-state index < -0.39 is 11.9 Å². The van der Waals surface area contributed by atoms with Gasteiger partial charge in [-0.2, -0.15) is 5.10 Å². The van der Waals surface area contributed by atoms with E-state index in [1.54, 1.807) is 10.2 Å². The number of rotatable bonds is 4. The molecule has 1 fully saturated rings. The van der Waals surface area contributed by atoms with Gasteiger partial charge in [0.1, 0.15) is 11.6 Å². The summed E-state index contributed by atoms with van der Waals surface area (Å²) in [6, 6.07) is 14.9. The summed E-state index contributed by atoms with van der Waals surface area (Å²) >= 11 is 0. The van der Waals surface area contributed by atoms with Gasteiger partial charge in [-0.05, 0) is 24.5 Å². The summed E-state index contributed by atoms with van der Waals surface area (Å²) in [5, 5.41) is 14.7. The first-order valence-electron chi connectivity index (χ1n) is 8.72. The van der Waals surface area contributed by atoms with E-state index in [-0.39, 0.29) is 0 Å². The van der Waals surface area contributed by atoms with Gasteiger partial charge in [0.2, 0.25) is 0 Å². The number of benzene rings is 2. The fourth-order valence-electron chi connectivity index (χ4n) is 2.95. The van der Waals surface area contributed by atoms with Crippen LogP contribution in [0.1, 0.15) is 30.0 Å². The number of hydroxylamine groups is 1. The Morgan fingerprint density at radius 1 is 1.23 bits per heavy atom. The minimum Gasteiger partial charge on any atom is -0.289 e. The van der Waals surface area contributed by atoms with Gasteiger partial charge >= 0.3 is 0 Å². The van der Waals surface area contributed by atoms with Gasteiger partial charge in [-0.25, -0.2) is 5.48 Å². The number of hydrogen-bond acceptors (Lipinski definition) is 3. The van der Waals surface area contributed by atoms with E-state index in [0.29, 0.717) is 12.3 Å². The Morgan fingerprint density at radius 3 is 2.77 bits per heavy atom. The molecule has 4 rings (SSSR count). The molecule has 5 nitrogen and oxygen atoms in total. The summed E-state index contributed by atoms with van der Waals surface area (Å²) < 4.78 is 1.62. The molecular weight excluding hydrogens is 326 g/mol. The SMILES string of the molecule is O=C(NO)C(Cc1ccccc1)n1cc2cccc(C#CC3CC3)c2n1. The monoisotopic (exact) mass is 345 g/mol. The predicted octanol–water partition coefficient (Wildman–Crippen LogP) is 3.09. The molecule has 1 aromatic heterocycles. The highest BCUT2D eigenvalue weighted by Gasteiger charge is 2.22. The standard InChI is InChI=1S/C21H19N3O2/c25-21(23-26)19(13-16-5-2-1-3-6-16)24-14-18-8-4-7-17(20(18)22-24)12-11-15-9-10-15/h1-8,14-15,19,26H,9-10,13H2,(H,23,25). The smallest absolute Gasteiger partial charge is 0.268 e. The van der Waals surface area contributed by atoms with Crippen LogP contribution in [-0.2, 0) is 11.2 Å². The van der Waals surface area contributed by atoms with Crippen LogP contribution in [0.2, 0.25) is 0 Å². The third-order valence-electron chi connectivity index (χ3n) is 4.55. The van der Waals surface area contributed by atoms with Crippen molar-refractivity contribution >= 4 is 16.8 Å². The van der Waals surface area contributed by atoms with E-state index in [9.17, 15) is 4.79 Å². The van der Waals surface area contributed by atoms with Crippen molar-refractivity contribution < 1.29 is 10.0 Å². The maximum Gasteiger partial charge on any atom is 0.268 e. The van der Waals surface area contributed by atoms with Crippen LogP contribution in [0, 0.1) is 17.8 Å². The Balaban J connectivity index is 1.71. The fourth-order valence-corrected chi connectivity index (χ4v) is 2.95. The van der Waals surface area contributed by atoms with Crippen molar-refractivity contribution in [2.24, 2.45) is 5.92 Å². The number of carbonyl (C=O) groups is 1. The second-order valence-electron chi connectivity index (χ2n) is 6.58. The molecule has 2 N–H and O–H groups in total. The molecule has 1 aliphatic carbocycles. The van der Waals surface area contributed by atoms with Crippen molar-refractivity contribution in [3.63, 3.8) is 0 Å². The third-order valence-corrected chi connectivity index (χ3v) is 4.55. The fraction of sp³-hybridized carbons (Fsp3) is 0.238. The van der Waals surface area contributed by atoms with Crippen molar-refractivity contribution in [1.82, 2.24) is 15.3 Å². The van der Waals surface area contributed by atoms with Crippen molar-refractivity contribution in [3.05, 3.63) is 65.9 Å². The Morgan fingerprint density at radius 2 is 2.04 bits per heavy atom. The van der Waals surface area contributed by atoms with Crippen molar-refractivity contribution in [3.8, 4) is 11.8 Å². The molecule has 1 unspecified atom stereocenters. The average Bonchev–Trinajstić information content (AvgIpc) is 3.41. The molecule has 5 heteroatoms. The molecule has 0 radical (unpaired) electrons. The van der Waals surface area contributed by atoms with Crippen LogP contribution in [0.3, 0.4) is 0 Å². The summed E-state index contributed by atoms with van der Waals surface area (Å²) in [5.41, 5.74) is 4.41. The number of amides is 1. The lowest BCUT2D eigenvalue weighted by Crippen LogP contribution is -2.32. The first kappa shape index (κ1) is 16.4. The molecule has 0 spiro atoms. The highest BCUT2D eigenvalue weighted by atomic mass is 16.5. The maximum atomic E-state index is 12.3. The lowest BCUT2D eigenvalue weighted by molar-refractivity contribution is -0.132. The van der Waals surface area contributed by atoms with Crippen molar-refractivity contribution in [1.29, 1.82) is 0 Å². The molecule has 1 atom stereocenters. The van der Waals surface area contributed by atoms with Crippen molar-refractivity contribution in [2.45, 2.75) is 25.3 Å². The molecule has 130 valence electrons. The molecule has 0 aliphatic heterocycles. The Hall–Kier alpha value is -3.10. The van der Waals surface area contributed by atoms with Crippen LogP contribution in [0.15, 0.2) is 54.7 Å². The number of nitrogens with zero attached hydrogens (tertiary/aromatic N) is 2. The molecule has 26 heavy (non-hydrogen) atoms. The molecule has 1 aliphatic rings. The van der Waals surface area contributed by atoms with Crippen LogP contribution >= 0.6 is 0 Å². The molecule has 1 saturated carbocycles. The van der Waals surface area contributed by atoms with Crippen molar-refractivity contribution in [2.75, 3.05) is 0 Å². The second kappa shape index (κ2) is 7.03. The van der Waals surface area contributed by atoms with E-state index >= 15 is 0 Å². The predicted molar refractivity (Wildman–Crippen MR) is 98.4 cm³/mol. The maximum absolute atomic E-state index is 12.3. The molecule has 2 aromatic carbocycles. The van der Waals surface area contributed by atoms with Gasteiger partial charge in [-0.15, -0.1) is 0 Å². The van der Waals surface area contributed by atoms with E-state index in [1.165, 1.54) is 12.8 Å². The van der Waals surface area contributed by atoms with Gasteiger partial charge in [0.05, 0.1) is 5.56 Å². The van der Waals surface area contributed by atoms with Crippen LogP contribution < -0.4 is 5.48 Å². The van der Waals surface area contributed by atoms with E-state index in [0.717, 1.165) is 22.0 Å². The number of aromatic nitrogens is 2. The molecule has 3 aromatic rings. The summed E-state index contributed by atoms with van der Waals surface area (Å²) in [6.07, 6.45) is 4.62. The highest BCUT2D eigenvalue weighted by molar-refractivity contribution is 5.85. The minimum atomic E-state index is -0.640. The summed E-state index contributed by atoms with van der Waals surface area (Å²) in [6.45, 7) is 0. The Kier molecular flexibility index (Phi) is 4.42. The first-order chi connectivity index (χ1) is 12.7. The molecule has 1 heterocycles. The zero-order chi connectivity index (χ0) is 17.9. The van der Waals surface area contributed by atoms with E-state index in [4.69, 9.17) is 5.21 Å². The second-order valence-corrected chi connectivity index (χ2v) is 6.58. The normalized spacial score (nSPS) is 14.5. The van der Waals surface area contributed by atoms with Crippen LogP contribution in [0.4, 0.5) is 0 Å². The number of fused-ring (bicyclic) bond motifs is 1. The van der Waals surface area contributed by atoms with Gasteiger partial charge in [0.25, 0.3) is 5.91 Å². The number of carbonyl (C=O) groups excluding carboxylic acids is 1. The quantitative estimate of drug-likeness (QED) is 0.434. The summed E-state index contributed by atoms with van der Waals surface area (Å²) in [4.78, 5) is 12.3. The zero-order valence-electron chi connectivity index (χ0n) is 14.2. The highest BCUT2D eigenvalue weighted by Crippen LogP contribution is 2.28. The molecular formula is C21H19N3O2. The molecule has 0 saturated heterocycles. The number of hydrogen-bond donors (Lipinski definition) is 2. The third kappa shape index (κ3) is 3.46. The van der Waals surface area contributed by atoms with Gasteiger partial charge < -0.3 is 0 Å². The Labute approximate surface area is 151 Å². The zero-order valence-corrected chi connectivity index (χ0v) is 14.2. The minimum absolute atomic E-state index is 0.435. The van der Waals surface area contributed by atoms with Gasteiger partial charge in [-0.1, -0.05) is 54.3 Å². The molecule has 1 amide bonds. The summed E-state index contributed by atoms with van der Waals surface area (Å²) in [5.74, 6) is 6.50. The van der Waals surface area contributed by atoms with E-state index in [2.05, 4.69) is 16.9 Å². The first-order valence-corrected chi connectivity index (χ1v) is 8.72. The lowest BCUT2D eigenvalue weighted by atomic mass is 10.1.